The van der Waals surface area contributed by atoms with Crippen LogP contribution in [0.4, 0.5) is 0 Å². The molecule has 1 fully saturated rings. The molecular weight excluding hydrogens is 332 g/mol. The number of hydrogen-bond acceptors (Lipinski definition) is 5. The van der Waals surface area contributed by atoms with E-state index in [0.717, 1.165) is 31.7 Å². The van der Waals surface area contributed by atoms with Crippen molar-refractivity contribution in [3.8, 4) is 0 Å². The third-order valence-corrected chi connectivity index (χ3v) is 5.27. The molecule has 5 nitrogen and oxygen atoms in total. The van der Waals surface area contributed by atoms with E-state index in [1.807, 2.05) is 29.1 Å². The Hall–Kier alpha value is -1.76. The molecule has 1 aliphatic heterocycles. The third-order valence-electron chi connectivity index (χ3n) is 4.54. The highest BCUT2D eigenvalue weighted by molar-refractivity contribution is 7.07. The summed E-state index contributed by atoms with van der Waals surface area (Å²) < 4.78 is 0. The third kappa shape index (κ3) is 5.36. The smallest absolute Gasteiger partial charge is 0.224 e. The fraction of sp³-hybridized carbons (Fsp3) is 0.474. The van der Waals surface area contributed by atoms with E-state index < -0.39 is 0 Å². The molecule has 2 atom stereocenters. The number of thiophene rings is 1. The van der Waals surface area contributed by atoms with Crippen LogP contribution in [0.25, 0.3) is 0 Å². The molecule has 0 bridgehead atoms. The highest BCUT2D eigenvalue weighted by Gasteiger charge is 2.33. The second-order valence-electron chi connectivity index (χ2n) is 7.06. The minimum absolute atomic E-state index is 0.121. The lowest BCUT2D eigenvalue weighted by Gasteiger charge is -2.23. The normalized spacial score (nSPS) is 20.9. The first-order valence-corrected chi connectivity index (χ1v) is 9.61. The summed E-state index contributed by atoms with van der Waals surface area (Å²) in [6.45, 7) is 3.75. The molecule has 1 aliphatic rings. The minimum atomic E-state index is 0.121. The standard InChI is InChI=1S/C19H26N4OS/c1-22(2)11-17-12-23(10-16-4-3-6-20-9-16)13-18(17)21-19(24)8-15-5-7-25-14-15/h3-7,9,14,17-18H,8,10-13H2,1-2H3,(H,21,24)/t17-,18-/m1/s1. The topological polar surface area (TPSA) is 48.5 Å². The van der Waals surface area contributed by atoms with Crippen molar-refractivity contribution >= 4 is 17.2 Å². The molecular formula is C19H26N4OS. The van der Waals surface area contributed by atoms with Crippen molar-refractivity contribution < 1.29 is 4.79 Å². The van der Waals surface area contributed by atoms with Crippen molar-refractivity contribution in [2.75, 3.05) is 33.7 Å². The fourth-order valence-corrected chi connectivity index (χ4v) is 4.16. The average Bonchev–Trinajstić information content (AvgIpc) is 3.18. The molecule has 0 saturated carbocycles. The van der Waals surface area contributed by atoms with Crippen LogP contribution in [0.5, 0.6) is 0 Å². The summed E-state index contributed by atoms with van der Waals surface area (Å²) in [5.74, 6) is 0.563. The first-order valence-electron chi connectivity index (χ1n) is 8.66. The molecule has 0 aromatic carbocycles. The van der Waals surface area contributed by atoms with Gasteiger partial charge in [0.25, 0.3) is 0 Å². The Labute approximate surface area is 153 Å². The number of likely N-dealkylation sites (tertiary alicyclic amines) is 1. The van der Waals surface area contributed by atoms with Crippen LogP contribution in [0.1, 0.15) is 11.1 Å². The van der Waals surface area contributed by atoms with E-state index >= 15 is 0 Å². The number of nitrogens with zero attached hydrogens (tertiary/aromatic N) is 3. The van der Waals surface area contributed by atoms with Gasteiger partial charge < -0.3 is 10.2 Å². The summed E-state index contributed by atoms with van der Waals surface area (Å²) in [5.41, 5.74) is 2.31. The van der Waals surface area contributed by atoms with Crippen LogP contribution in [0.3, 0.4) is 0 Å². The first-order chi connectivity index (χ1) is 12.1. The van der Waals surface area contributed by atoms with Gasteiger partial charge in [0.15, 0.2) is 0 Å². The summed E-state index contributed by atoms with van der Waals surface area (Å²) in [6, 6.07) is 6.30. The zero-order valence-electron chi connectivity index (χ0n) is 14.9. The van der Waals surface area contributed by atoms with Gasteiger partial charge in [0.2, 0.25) is 5.91 Å². The predicted molar refractivity (Wildman–Crippen MR) is 102 cm³/mol. The van der Waals surface area contributed by atoms with Gasteiger partial charge in [-0.15, -0.1) is 0 Å². The molecule has 6 heteroatoms. The number of pyridine rings is 1. The fourth-order valence-electron chi connectivity index (χ4n) is 3.49. The number of amides is 1. The number of nitrogens with one attached hydrogen (secondary N) is 1. The van der Waals surface area contributed by atoms with E-state index in [1.165, 1.54) is 5.56 Å². The van der Waals surface area contributed by atoms with Gasteiger partial charge in [-0.3, -0.25) is 14.7 Å². The van der Waals surface area contributed by atoms with Crippen LogP contribution in [0.2, 0.25) is 0 Å². The van der Waals surface area contributed by atoms with E-state index in [9.17, 15) is 4.79 Å². The summed E-state index contributed by atoms with van der Waals surface area (Å²) in [4.78, 5) is 21.2. The largest absolute Gasteiger partial charge is 0.351 e. The van der Waals surface area contributed by atoms with E-state index in [-0.39, 0.29) is 11.9 Å². The molecule has 134 valence electrons. The highest BCUT2D eigenvalue weighted by atomic mass is 32.1. The van der Waals surface area contributed by atoms with Crippen LogP contribution >= 0.6 is 11.3 Å². The van der Waals surface area contributed by atoms with Gasteiger partial charge >= 0.3 is 0 Å². The summed E-state index contributed by atoms with van der Waals surface area (Å²) in [6.07, 6.45) is 4.19. The van der Waals surface area contributed by atoms with E-state index in [1.54, 1.807) is 17.5 Å². The SMILES string of the molecule is CN(C)C[C@@H]1CN(Cc2cccnc2)C[C@H]1NC(=O)Cc1ccsc1. The molecule has 0 radical (unpaired) electrons. The summed E-state index contributed by atoms with van der Waals surface area (Å²) in [7, 11) is 4.18. The van der Waals surface area contributed by atoms with E-state index in [4.69, 9.17) is 0 Å². The maximum atomic E-state index is 12.4. The van der Waals surface area contributed by atoms with Crippen molar-refractivity contribution in [1.82, 2.24) is 20.1 Å². The molecule has 1 N–H and O–H groups in total. The van der Waals surface area contributed by atoms with Gasteiger partial charge in [-0.2, -0.15) is 11.3 Å². The van der Waals surface area contributed by atoms with Crippen molar-refractivity contribution in [2.24, 2.45) is 5.92 Å². The van der Waals surface area contributed by atoms with Gasteiger partial charge in [0.05, 0.1) is 6.42 Å². The van der Waals surface area contributed by atoms with Crippen molar-refractivity contribution in [3.05, 3.63) is 52.5 Å². The lowest BCUT2D eigenvalue weighted by atomic mass is 10.0. The summed E-state index contributed by atoms with van der Waals surface area (Å²) >= 11 is 1.63. The van der Waals surface area contributed by atoms with Gasteiger partial charge in [0.1, 0.15) is 0 Å². The van der Waals surface area contributed by atoms with Gasteiger partial charge in [-0.05, 0) is 48.1 Å². The Morgan fingerprint density at radius 2 is 2.24 bits per heavy atom. The molecule has 1 saturated heterocycles. The maximum absolute atomic E-state index is 12.4. The van der Waals surface area contributed by atoms with Crippen LogP contribution in [-0.2, 0) is 17.8 Å². The lowest BCUT2D eigenvalue weighted by Crippen LogP contribution is -2.43. The summed E-state index contributed by atoms with van der Waals surface area (Å²) in [5, 5.41) is 7.33. The Balaban J connectivity index is 1.60. The Morgan fingerprint density at radius 3 is 2.92 bits per heavy atom. The Bertz CT molecular complexity index is 659. The molecule has 2 aromatic rings. The van der Waals surface area contributed by atoms with Gasteiger partial charge in [0, 0.05) is 50.5 Å². The molecule has 0 aliphatic carbocycles. The molecule has 3 heterocycles. The minimum Gasteiger partial charge on any atom is -0.351 e. The molecule has 3 rings (SSSR count). The zero-order chi connectivity index (χ0) is 17.6. The van der Waals surface area contributed by atoms with Crippen molar-refractivity contribution in [2.45, 2.75) is 19.0 Å². The van der Waals surface area contributed by atoms with Crippen LogP contribution in [0.15, 0.2) is 41.4 Å². The molecule has 0 unspecified atom stereocenters. The molecule has 1 amide bonds. The number of carbonyl (C=O) groups is 1. The van der Waals surface area contributed by atoms with Crippen molar-refractivity contribution in [1.29, 1.82) is 0 Å². The Morgan fingerprint density at radius 1 is 1.36 bits per heavy atom. The lowest BCUT2D eigenvalue weighted by molar-refractivity contribution is -0.121. The molecule has 0 spiro atoms. The maximum Gasteiger partial charge on any atom is 0.224 e. The zero-order valence-corrected chi connectivity index (χ0v) is 15.7. The van der Waals surface area contributed by atoms with Crippen molar-refractivity contribution in [3.63, 3.8) is 0 Å². The predicted octanol–water partition coefficient (Wildman–Crippen LogP) is 1.86. The monoisotopic (exact) mass is 358 g/mol. The molecule has 25 heavy (non-hydrogen) atoms. The van der Waals surface area contributed by atoms with Gasteiger partial charge in [-0.25, -0.2) is 0 Å². The van der Waals surface area contributed by atoms with Crippen LogP contribution < -0.4 is 5.32 Å². The average molecular weight is 359 g/mol. The second-order valence-corrected chi connectivity index (χ2v) is 7.84. The number of rotatable bonds is 7. The number of carbonyl (C=O) groups excluding carboxylic acids is 1. The number of hydrogen-bond donors (Lipinski definition) is 1. The van der Waals surface area contributed by atoms with E-state index in [2.05, 4.69) is 40.3 Å². The van der Waals surface area contributed by atoms with E-state index in [0.29, 0.717) is 12.3 Å². The van der Waals surface area contributed by atoms with Crippen LogP contribution in [-0.4, -0.2) is 60.5 Å². The quantitative estimate of drug-likeness (QED) is 0.821. The van der Waals surface area contributed by atoms with Crippen LogP contribution in [0, 0.1) is 5.92 Å². The second kappa shape index (κ2) is 8.56. The van der Waals surface area contributed by atoms with Gasteiger partial charge in [-0.1, -0.05) is 6.07 Å². The Kier molecular flexibility index (Phi) is 6.18. The number of aromatic nitrogens is 1. The highest BCUT2D eigenvalue weighted by Crippen LogP contribution is 2.20. The molecule has 2 aromatic heterocycles. The first kappa shape index (κ1) is 18.0.